The molecular weight excluding hydrogens is 223 g/mol. The number of nitrogens with one attached hydrogen (secondary N) is 1. The van der Waals surface area contributed by atoms with Gasteiger partial charge in [0.15, 0.2) is 0 Å². The summed E-state index contributed by atoms with van der Waals surface area (Å²) in [7, 11) is 0. The van der Waals surface area contributed by atoms with E-state index in [2.05, 4.69) is 5.32 Å². The van der Waals surface area contributed by atoms with Crippen molar-refractivity contribution < 1.29 is 14.3 Å². The van der Waals surface area contributed by atoms with Crippen molar-refractivity contribution in [1.29, 1.82) is 0 Å². The van der Waals surface area contributed by atoms with E-state index < -0.39 is 5.82 Å². The molecule has 0 saturated carbocycles. The lowest BCUT2D eigenvalue weighted by Gasteiger charge is -2.18. The van der Waals surface area contributed by atoms with Gasteiger partial charge in [-0.3, -0.25) is 9.69 Å². The van der Waals surface area contributed by atoms with Gasteiger partial charge in [-0.05, 0) is 18.7 Å². The lowest BCUT2D eigenvalue weighted by molar-refractivity contribution is -0.117. The first kappa shape index (κ1) is 13.6. The second-order valence-corrected chi connectivity index (χ2v) is 3.62. The normalized spacial score (nSPS) is 10.6. The summed E-state index contributed by atoms with van der Waals surface area (Å²) in [5.74, 6) is -0.739. The number of amides is 1. The molecular formula is C12H17FN2O2. The molecule has 94 valence electrons. The highest BCUT2D eigenvalue weighted by Gasteiger charge is 2.10. The van der Waals surface area contributed by atoms with Gasteiger partial charge in [-0.1, -0.05) is 19.1 Å². The zero-order chi connectivity index (χ0) is 12.7. The van der Waals surface area contributed by atoms with Crippen LogP contribution in [0, 0.1) is 5.82 Å². The molecule has 5 heteroatoms. The van der Waals surface area contributed by atoms with Crippen molar-refractivity contribution >= 4 is 11.6 Å². The van der Waals surface area contributed by atoms with Crippen molar-refractivity contribution in [1.82, 2.24) is 4.90 Å². The molecule has 0 fully saturated rings. The van der Waals surface area contributed by atoms with Crippen molar-refractivity contribution in [2.45, 2.75) is 6.92 Å². The second kappa shape index (κ2) is 6.98. The number of hydrogen-bond donors (Lipinski definition) is 2. The lowest BCUT2D eigenvalue weighted by atomic mass is 10.3. The maximum absolute atomic E-state index is 13.2. The molecule has 0 aliphatic carbocycles. The van der Waals surface area contributed by atoms with Gasteiger partial charge in [0.2, 0.25) is 5.91 Å². The first-order valence-corrected chi connectivity index (χ1v) is 5.55. The Morgan fingerprint density at radius 2 is 2.18 bits per heavy atom. The van der Waals surface area contributed by atoms with Gasteiger partial charge in [0.1, 0.15) is 5.82 Å². The summed E-state index contributed by atoms with van der Waals surface area (Å²) < 4.78 is 13.2. The number of halogens is 1. The van der Waals surface area contributed by atoms with Gasteiger partial charge >= 0.3 is 0 Å². The molecule has 17 heavy (non-hydrogen) atoms. The Morgan fingerprint density at radius 3 is 2.76 bits per heavy atom. The number of anilines is 1. The molecule has 1 amide bonds. The van der Waals surface area contributed by atoms with Crippen LogP contribution in [0.2, 0.25) is 0 Å². The third-order valence-electron chi connectivity index (χ3n) is 2.38. The number of benzene rings is 1. The lowest BCUT2D eigenvalue weighted by Crippen LogP contribution is -2.35. The number of likely N-dealkylation sites (N-methyl/N-ethyl adjacent to an activating group) is 1. The standard InChI is InChI=1S/C12H17FN2O2/c1-2-15(7-8-16)9-12(17)14-11-6-4-3-5-10(11)13/h3-6,16H,2,7-9H2,1H3,(H,14,17). The first-order chi connectivity index (χ1) is 8.17. The summed E-state index contributed by atoms with van der Waals surface area (Å²) in [5, 5.41) is 11.3. The maximum Gasteiger partial charge on any atom is 0.238 e. The van der Waals surface area contributed by atoms with E-state index in [0.717, 1.165) is 0 Å². The monoisotopic (exact) mass is 240 g/mol. The van der Waals surface area contributed by atoms with Crippen LogP contribution in [-0.2, 0) is 4.79 Å². The fourth-order valence-electron chi connectivity index (χ4n) is 1.45. The van der Waals surface area contributed by atoms with Crippen LogP contribution in [0.4, 0.5) is 10.1 Å². The van der Waals surface area contributed by atoms with E-state index in [1.54, 1.807) is 17.0 Å². The van der Waals surface area contributed by atoms with Crippen molar-refractivity contribution in [3.05, 3.63) is 30.1 Å². The average molecular weight is 240 g/mol. The van der Waals surface area contributed by atoms with Crippen LogP contribution in [0.15, 0.2) is 24.3 Å². The highest BCUT2D eigenvalue weighted by Crippen LogP contribution is 2.11. The van der Waals surface area contributed by atoms with Crippen LogP contribution in [0.1, 0.15) is 6.92 Å². The molecule has 4 nitrogen and oxygen atoms in total. The largest absolute Gasteiger partial charge is 0.395 e. The minimum absolute atomic E-state index is 0.000812. The summed E-state index contributed by atoms with van der Waals surface area (Å²) in [6.07, 6.45) is 0. The molecule has 1 rings (SSSR count). The van der Waals surface area contributed by atoms with Gasteiger partial charge in [0, 0.05) is 6.54 Å². The molecule has 0 saturated heterocycles. The van der Waals surface area contributed by atoms with Crippen molar-refractivity contribution in [3.63, 3.8) is 0 Å². The Hall–Kier alpha value is -1.46. The summed E-state index contributed by atoms with van der Waals surface area (Å²) >= 11 is 0. The van der Waals surface area contributed by atoms with Crippen LogP contribution in [0.3, 0.4) is 0 Å². The SMILES string of the molecule is CCN(CCO)CC(=O)Nc1ccccc1F. The van der Waals surface area contributed by atoms with Crippen LogP contribution < -0.4 is 5.32 Å². The Labute approximate surface area is 100 Å². The Balaban J connectivity index is 2.52. The number of carbonyl (C=O) groups excluding carboxylic acids is 1. The first-order valence-electron chi connectivity index (χ1n) is 5.55. The fourth-order valence-corrected chi connectivity index (χ4v) is 1.45. The van der Waals surface area contributed by atoms with Crippen LogP contribution in [0.25, 0.3) is 0 Å². The minimum Gasteiger partial charge on any atom is -0.395 e. The average Bonchev–Trinajstić information content (AvgIpc) is 2.31. The third kappa shape index (κ3) is 4.50. The van der Waals surface area contributed by atoms with Crippen LogP contribution >= 0.6 is 0 Å². The quantitative estimate of drug-likeness (QED) is 0.782. The van der Waals surface area contributed by atoms with Gasteiger partial charge in [0.05, 0.1) is 18.8 Å². The van der Waals surface area contributed by atoms with E-state index in [1.807, 2.05) is 6.92 Å². The number of para-hydroxylation sites is 1. The van der Waals surface area contributed by atoms with Crippen molar-refractivity contribution in [3.8, 4) is 0 Å². The molecule has 0 radical (unpaired) electrons. The molecule has 0 spiro atoms. The predicted molar refractivity (Wildman–Crippen MR) is 64.2 cm³/mol. The molecule has 0 aromatic heterocycles. The Morgan fingerprint density at radius 1 is 1.47 bits per heavy atom. The van der Waals surface area contributed by atoms with Gasteiger partial charge in [-0.15, -0.1) is 0 Å². The molecule has 1 aromatic rings. The summed E-state index contributed by atoms with van der Waals surface area (Å²) in [6.45, 7) is 3.13. The second-order valence-electron chi connectivity index (χ2n) is 3.62. The third-order valence-corrected chi connectivity index (χ3v) is 2.38. The molecule has 0 atom stereocenters. The zero-order valence-electron chi connectivity index (χ0n) is 9.82. The van der Waals surface area contributed by atoms with Crippen molar-refractivity contribution in [2.24, 2.45) is 0 Å². The molecule has 0 heterocycles. The van der Waals surface area contributed by atoms with E-state index in [4.69, 9.17) is 5.11 Å². The highest BCUT2D eigenvalue weighted by atomic mass is 19.1. The summed E-state index contributed by atoms with van der Waals surface area (Å²) in [4.78, 5) is 13.4. The Bertz CT molecular complexity index is 371. The van der Waals surface area contributed by atoms with E-state index in [-0.39, 0.29) is 24.7 Å². The van der Waals surface area contributed by atoms with Crippen molar-refractivity contribution in [2.75, 3.05) is 31.6 Å². The van der Waals surface area contributed by atoms with Gasteiger partial charge in [-0.2, -0.15) is 0 Å². The zero-order valence-corrected chi connectivity index (χ0v) is 9.82. The van der Waals surface area contributed by atoms with E-state index >= 15 is 0 Å². The molecule has 1 aromatic carbocycles. The fraction of sp³-hybridized carbons (Fsp3) is 0.417. The number of aliphatic hydroxyl groups excluding tert-OH is 1. The highest BCUT2D eigenvalue weighted by molar-refractivity contribution is 5.92. The van der Waals surface area contributed by atoms with E-state index in [1.165, 1.54) is 12.1 Å². The number of aliphatic hydroxyl groups is 1. The topological polar surface area (TPSA) is 52.6 Å². The van der Waals surface area contributed by atoms with E-state index in [0.29, 0.717) is 13.1 Å². The van der Waals surface area contributed by atoms with Gasteiger partial charge < -0.3 is 10.4 Å². The summed E-state index contributed by atoms with van der Waals surface area (Å²) in [5.41, 5.74) is 0.178. The molecule has 0 unspecified atom stereocenters. The number of hydrogen-bond acceptors (Lipinski definition) is 3. The van der Waals surface area contributed by atoms with E-state index in [9.17, 15) is 9.18 Å². The minimum atomic E-state index is -0.453. The smallest absolute Gasteiger partial charge is 0.238 e. The van der Waals surface area contributed by atoms with Crippen LogP contribution in [-0.4, -0.2) is 42.2 Å². The maximum atomic E-state index is 13.2. The van der Waals surface area contributed by atoms with Gasteiger partial charge in [0.25, 0.3) is 0 Å². The summed E-state index contributed by atoms with van der Waals surface area (Å²) in [6, 6.07) is 6.02. The molecule has 0 aliphatic rings. The molecule has 2 N–H and O–H groups in total. The van der Waals surface area contributed by atoms with Crippen LogP contribution in [0.5, 0.6) is 0 Å². The molecule has 0 bridgehead atoms. The predicted octanol–water partition coefficient (Wildman–Crippen LogP) is 1.08. The number of carbonyl (C=O) groups is 1. The number of rotatable bonds is 6. The Kier molecular flexibility index (Phi) is 5.59. The number of nitrogens with zero attached hydrogens (tertiary/aromatic N) is 1. The van der Waals surface area contributed by atoms with Gasteiger partial charge in [-0.25, -0.2) is 4.39 Å². The molecule has 0 aliphatic heterocycles.